The predicted molar refractivity (Wildman–Crippen MR) is 123 cm³/mol. The fourth-order valence-corrected chi connectivity index (χ4v) is 4.01. The van der Waals surface area contributed by atoms with E-state index in [1.807, 2.05) is 0 Å². The second-order valence-corrected chi connectivity index (χ2v) is 8.26. The van der Waals surface area contributed by atoms with Gasteiger partial charge in [0.1, 0.15) is 11.8 Å². The Morgan fingerprint density at radius 2 is 1.82 bits per heavy atom. The highest BCUT2D eigenvalue weighted by Gasteiger charge is 2.44. The lowest BCUT2D eigenvalue weighted by Crippen LogP contribution is -2.45. The molecule has 0 bridgehead atoms. The summed E-state index contributed by atoms with van der Waals surface area (Å²) in [5, 5.41) is 0. The van der Waals surface area contributed by atoms with E-state index in [0.29, 0.717) is 28.5 Å². The molecular weight excluding hydrogens is 492 g/mol. The van der Waals surface area contributed by atoms with Crippen molar-refractivity contribution in [2.75, 3.05) is 19.1 Å². The third-order valence-corrected chi connectivity index (χ3v) is 5.91. The normalized spacial score (nSPS) is 15.6. The van der Waals surface area contributed by atoms with E-state index in [2.05, 4.69) is 15.9 Å². The first-order valence-corrected chi connectivity index (χ1v) is 10.9. The Labute approximate surface area is 198 Å². The van der Waals surface area contributed by atoms with Crippen LogP contribution in [0.15, 0.2) is 69.8 Å². The summed E-state index contributed by atoms with van der Waals surface area (Å²) in [4.78, 5) is 42.2. The zero-order valence-corrected chi connectivity index (χ0v) is 19.6. The molecule has 1 aliphatic heterocycles. The number of imide groups is 1. The number of carbonyl (C=O) groups is 3. The highest BCUT2D eigenvalue weighted by Crippen LogP contribution is 2.31. The number of halogens is 1. The highest BCUT2D eigenvalue weighted by atomic mass is 79.9. The van der Waals surface area contributed by atoms with Crippen molar-refractivity contribution < 1.29 is 28.3 Å². The number of benzene rings is 2. The van der Waals surface area contributed by atoms with Gasteiger partial charge in [-0.15, -0.1) is 0 Å². The van der Waals surface area contributed by atoms with Gasteiger partial charge in [-0.2, -0.15) is 0 Å². The molecule has 0 aliphatic carbocycles. The molecule has 3 amide bonds. The molecule has 4 rings (SSSR count). The maximum atomic E-state index is 13.6. The van der Waals surface area contributed by atoms with Crippen LogP contribution in [-0.4, -0.2) is 42.9 Å². The third-order valence-electron chi connectivity index (χ3n) is 5.38. The van der Waals surface area contributed by atoms with Crippen LogP contribution in [0, 0.1) is 0 Å². The molecule has 0 radical (unpaired) electrons. The summed E-state index contributed by atoms with van der Waals surface area (Å²) in [6.45, 7) is 0.0258. The van der Waals surface area contributed by atoms with Crippen molar-refractivity contribution in [1.82, 2.24) is 4.90 Å². The Balaban J connectivity index is 1.69. The van der Waals surface area contributed by atoms with E-state index in [4.69, 9.17) is 13.9 Å². The van der Waals surface area contributed by atoms with Gasteiger partial charge in [0.05, 0.1) is 39.1 Å². The second-order valence-electron chi connectivity index (χ2n) is 7.35. The van der Waals surface area contributed by atoms with E-state index in [9.17, 15) is 14.4 Å². The van der Waals surface area contributed by atoms with Crippen molar-refractivity contribution in [3.05, 3.63) is 76.7 Å². The first-order chi connectivity index (χ1) is 15.9. The zero-order chi connectivity index (χ0) is 23.5. The van der Waals surface area contributed by atoms with Crippen molar-refractivity contribution in [2.45, 2.75) is 19.0 Å². The Hall–Kier alpha value is -3.59. The van der Waals surface area contributed by atoms with E-state index >= 15 is 0 Å². The van der Waals surface area contributed by atoms with Gasteiger partial charge >= 0.3 is 0 Å². The summed E-state index contributed by atoms with van der Waals surface area (Å²) < 4.78 is 16.8. The molecule has 0 N–H and O–H groups in total. The highest BCUT2D eigenvalue weighted by molar-refractivity contribution is 9.10. The van der Waals surface area contributed by atoms with Crippen molar-refractivity contribution in [3.63, 3.8) is 0 Å². The van der Waals surface area contributed by atoms with Crippen molar-refractivity contribution in [1.29, 1.82) is 0 Å². The van der Waals surface area contributed by atoms with Crippen LogP contribution in [0.5, 0.6) is 11.5 Å². The number of amides is 3. The van der Waals surface area contributed by atoms with Crippen LogP contribution < -0.4 is 14.4 Å². The fraction of sp³-hybridized carbons (Fsp3) is 0.208. The third kappa shape index (κ3) is 4.49. The average Bonchev–Trinajstić information content (AvgIpc) is 3.44. The monoisotopic (exact) mass is 512 g/mol. The van der Waals surface area contributed by atoms with Crippen LogP contribution in [0.1, 0.15) is 22.5 Å². The zero-order valence-electron chi connectivity index (χ0n) is 18.0. The molecule has 1 saturated heterocycles. The van der Waals surface area contributed by atoms with Crippen LogP contribution in [0.4, 0.5) is 5.69 Å². The van der Waals surface area contributed by atoms with Gasteiger partial charge in [-0.3, -0.25) is 14.4 Å². The summed E-state index contributed by atoms with van der Waals surface area (Å²) in [6, 6.07) is 14.0. The molecule has 33 heavy (non-hydrogen) atoms. The summed E-state index contributed by atoms with van der Waals surface area (Å²) >= 11 is 3.35. The quantitative estimate of drug-likeness (QED) is 0.444. The van der Waals surface area contributed by atoms with Crippen molar-refractivity contribution >= 4 is 39.3 Å². The Bertz CT molecular complexity index is 1180. The lowest BCUT2D eigenvalue weighted by Gasteiger charge is -2.27. The minimum absolute atomic E-state index is 0.0258. The lowest BCUT2D eigenvalue weighted by molar-refractivity contribution is -0.122. The maximum absolute atomic E-state index is 13.6. The summed E-state index contributed by atoms with van der Waals surface area (Å²) in [6.07, 6.45) is 1.36. The average molecular weight is 513 g/mol. The Morgan fingerprint density at radius 3 is 2.45 bits per heavy atom. The Morgan fingerprint density at radius 1 is 1.09 bits per heavy atom. The van der Waals surface area contributed by atoms with Gasteiger partial charge in [-0.25, -0.2) is 4.90 Å². The van der Waals surface area contributed by atoms with Crippen LogP contribution in [0.3, 0.4) is 0 Å². The van der Waals surface area contributed by atoms with Gasteiger partial charge in [0.25, 0.3) is 11.8 Å². The number of anilines is 1. The molecule has 0 saturated carbocycles. The largest absolute Gasteiger partial charge is 0.493 e. The Kier molecular flexibility index (Phi) is 6.50. The minimum atomic E-state index is -0.980. The molecule has 1 aliphatic rings. The van der Waals surface area contributed by atoms with Gasteiger partial charge < -0.3 is 18.8 Å². The minimum Gasteiger partial charge on any atom is -0.493 e. The lowest BCUT2D eigenvalue weighted by atomic mass is 10.1. The second kappa shape index (κ2) is 9.50. The number of hydrogen-bond acceptors (Lipinski definition) is 6. The fourth-order valence-electron chi connectivity index (χ4n) is 3.75. The molecule has 2 heterocycles. The summed E-state index contributed by atoms with van der Waals surface area (Å²) in [5.41, 5.74) is 0.744. The van der Waals surface area contributed by atoms with Crippen LogP contribution in [0.25, 0.3) is 0 Å². The molecule has 8 nitrogen and oxygen atoms in total. The SMILES string of the molecule is COc1ccc(C(=O)N(Cc2ccco2)C2CC(=O)N(c3ccc(Br)cc3)C2=O)cc1OC. The first-order valence-electron chi connectivity index (χ1n) is 10.1. The molecule has 1 aromatic heterocycles. The molecule has 9 heteroatoms. The molecule has 1 unspecified atom stereocenters. The number of hydrogen-bond donors (Lipinski definition) is 0. The van der Waals surface area contributed by atoms with Crippen LogP contribution in [-0.2, 0) is 16.1 Å². The predicted octanol–water partition coefficient (Wildman–Crippen LogP) is 4.03. The number of ether oxygens (including phenoxy) is 2. The van der Waals surface area contributed by atoms with E-state index < -0.39 is 17.9 Å². The van der Waals surface area contributed by atoms with Crippen LogP contribution in [0.2, 0.25) is 0 Å². The number of methoxy groups -OCH3 is 2. The van der Waals surface area contributed by atoms with Gasteiger partial charge in [0, 0.05) is 10.0 Å². The molecule has 1 atom stereocenters. The molecule has 170 valence electrons. The molecule has 2 aromatic carbocycles. The molecular formula is C24H21BrN2O6. The van der Waals surface area contributed by atoms with Crippen molar-refractivity contribution in [3.8, 4) is 11.5 Å². The number of nitrogens with zero attached hydrogens (tertiary/aromatic N) is 2. The van der Waals surface area contributed by atoms with Crippen LogP contribution >= 0.6 is 15.9 Å². The van der Waals surface area contributed by atoms with E-state index in [0.717, 1.165) is 9.37 Å². The van der Waals surface area contributed by atoms with Crippen molar-refractivity contribution in [2.24, 2.45) is 0 Å². The first kappa shape index (κ1) is 22.6. The smallest absolute Gasteiger partial charge is 0.257 e. The number of carbonyl (C=O) groups excluding carboxylic acids is 3. The summed E-state index contributed by atoms with van der Waals surface area (Å²) in [5.74, 6) is 0.0636. The van der Waals surface area contributed by atoms with E-state index in [-0.39, 0.29) is 18.9 Å². The van der Waals surface area contributed by atoms with Gasteiger partial charge in [0.15, 0.2) is 11.5 Å². The number of rotatable bonds is 7. The van der Waals surface area contributed by atoms with Gasteiger partial charge in [-0.1, -0.05) is 15.9 Å². The maximum Gasteiger partial charge on any atom is 0.257 e. The standard InChI is InChI=1S/C24H21BrN2O6/c1-31-20-10-5-15(12-21(20)32-2)23(29)26(14-18-4-3-11-33-18)19-13-22(28)27(24(19)30)17-8-6-16(25)7-9-17/h3-12,19H,13-14H2,1-2H3. The molecule has 1 fully saturated rings. The van der Waals surface area contributed by atoms with Gasteiger partial charge in [0.2, 0.25) is 5.91 Å². The van der Waals surface area contributed by atoms with Gasteiger partial charge in [-0.05, 0) is 54.6 Å². The van der Waals surface area contributed by atoms with E-state index in [1.54, 1.807) is 54.6 Å². The summed E-state index contributed by atoms with van der Waals surface area (Å²) in [7, 11) is 2.98. The molecule has 0 spiro atoms. The topological polar surface area (TPSA) is 89.3 Å². The van der Waals surface area contributed by atoms with E-state index in [1.165, 1.54) is 25.4 Å². The molecule has 3 aromatic rings. The number of furan rings is 1.